The van der Waals surface area contributed by atoms with Crippen LogP contribution < -0.4 is 0 Å². The van der Waals surface area contributed by atoms with Gasteiger partial charge in [-0.1, -0.05) is 39.3 Å². The Hall–Kier alpha value is -2.75. The van der Waals surface area contributed by atoms with E-state index in [0.29, 0.717) is 32.1 Å². The van der Waals surface area contributed by atoms with Crippen LogP contribution in [0.1, 0.15) is 66.7 Å². The van der Waals surface area contributed by atoms with Crippen molar-refractivity contribution in [2.24, 2.45) is 39.4 Å². The average Bonchev–Trinajstić information content (AvgIpc) is 2.95. The van der Waals surface area contributed by atoms with Crippen LogP contribution in [0, 0.1) is 50.7 Å². The van der Waals surface area contributed by atoms with Gasteiger partial charge in [-0.3, -0.25) is 19.2 Å². The fourth-order valence-electron chi connectivity index (χ4n) is 9.36. The Bertz CT molecular complexity index is 1220. The highest BCUT2D eigenvalue weighted by Gasteiger charge is 2.76. The number of allylic oxidation sites excluding steroid dienone is 3. The Balaban J connectivity index is 1.73. The molecule has 4 aliphatic carbocycles. The van der Waals surface area contributed by atoms with E-state index in [2.05, 4.69) is 6.92 Å². The molecule has 192 valence electrons. The van der Waals surface area contributed by atoms with Gasteiger partial charge in [0.25, 0.3) is 0 Å². The normalized spacial score (nSPS) is 46.9. The van der Waals surface area contributed by atoms with Crippen LogP contribution >= 0.6 is 0 Å². The second-order valence-corrected chi connectivity index (χ2v) is 12.6. The number of ketones is 2. The number of nitrogens with zero attached hydrogens (tertiary/aromatic N) is 2. The maximum Gasteiger partial charge on any atom is 0.313 e. The lowest BCUT2D eigenvalue weighted by Gasteiger charge is -2.63. The molecule has 1 amide bonds. The van der Waals surface area contributed by atoms with Gasteiger partial charge in [0.2, 0.25) is 5.91 Å². The number of amides is 1. The third-order valence-corrected chi connectivity index (χ3v) is 11.3. The number of Topliss-reactive ketones (excluding diaryl/α,β-unsaturated/α-hetero) is 1. The summed E-state index contributed by atoms with van der Waals surface area (Å²) in [6.07, 6.45) is 6.65. The number of rotatable bonds is 2. The molecule has 3 fully saturated rings. The molecule has 1 spiro atoms. The van der Waals surface area contributed by atoms with E-state index < -0.39 is 39.0 Å². The summed E-state index contributed by atoms with van der Waals surface area (Å²) in [4.78, 5) is 55.7. The van der Waals surface area contributed by atoms with Gasteiger partial charge in [0.05, 0.1) is 11.0 Å². The highest BCUT2D eigenvalue weighted by atomic mass is 16.6. The van der Waals surface area contributed by atoms with E-state index in [4.69, 9.17) is 4.74 Å². The summed E-state index contributed by atoms with van der Waals surface area (Å²) in [6.45, 7) is 9.78. The summed E-state index contributed by atoms with van der Waals surface area (Å²) >= 11 is 0. The molecule has 7 heteroatoms. The summed E-state index contributed by atoms with van der Waals surface area (Å²) in [5.41, 5.74) is -3.69. The molecule has 5 aliphatic rings. The molecule has 0 aromatic rings. The van der Waals surface area contributed by atoms with Gasteiger partial charge in [-0.15, -0.1) is 0 Å². The second-order valence-electron chi connectivity index (χ2n) is 12.6. The third kappa shape index (κ3) is 2.44. The van der Waals surface area contributed by atoms with Crippen molar-refractivity contribution in [3.05, 3.63) is 23.3 Å². The molecule has 5 rings (SSSR count). The first-order valence-corrected chi connectivity index (χ1v) is 13.1. The monoisotopic (exact) mass is 492 g/mol. The van der Waals surface area contributed by atoms with Gasteiger partial charge in [-0.2, -0.15) is 5.26 Å². The van der Waals surface area contributed by atoms with E-state index in [1.165, 1.54) is 4.90 Å². The lowest BCUT2D eigenvalue weighted by Crippen LogP contribution is -2.66. The smallest absolute Gasteiger partial charge is 0.313 e. The van der Waals surface area contributed by atoms with Crippen LogP contribution in [0.4, 0.5) is 0 Å². The van der Waals surface area contributed by atoms with E-state index >= 15 is 0 Å². The van der Waals surface area contributed by atoms with Crippen LogP contribution in [0.25, 0.3) is 0 Å². The molecule has 7 nitrogen and oxygen atoms in total. The topological polar surface area (TPSA) is 105 Å². The number of nitriles is 1. The third-order valence-electron chi connectivity index (χ3n) is 11.3. The Morgan fingerprint density at radius 3 is 2.36 bits per heavy atom. The summed E-state index contributed by atoms with van der Waals surface area (Å²) in [6, 6.07) is 2.05. The van der Waals surface area contributed by atoms with E-state index in [1.54, 1.807) is 33.2 Å². The van der Waals surface area contributed by atoms with Crippen molar-refractivity contribution < 1.29 is 23.9 Å². The molecule has 0 aromatic heterocycles. The molecule has 1 saturated heterocycles. The highest BCUT2D eigenvalue weighted by molar-refractivity contribution is 6.16. The van der Waals surface area contributed by atoms with Crippen molar-refractivity contribution in [3.63, 3.8) is 0 Å². The number of carbonyl (C=O) groups excluding carboxylic acids is 4. The number of esters is 1. The quantitative estimate of drug-likeness (QED) is 0.429. The zero-order valence-corrected chi connectivity index (χ0v) is 22.4. The zero-order valence-electron chi connectivity index (χ0n) is 22.4. The van der Waals surface area contributed by atoms with Gasteiger partial charge in [-0.05, 0) is 56.4 Å². The molecule has 0 radical (unpaired) electrons. The standard InChI is InChI=1S/C29H36N2O5/c1-8-28-12-10-19-25(3)11-9-18-26(4,14-17(15-30)22(33)27(18,5)23(34)31(6)7)20(25)13-21(32)29(19,16(28)2)36-24(28)35/h13-14,16,18-19H,8-12H2,1-7H3/t16?,18-,19?,25+,26+,27+,28+,29+/m1/s1. The van der Waals surface area contributed by atoms with Gasteiger partial charge in [-0.25, -0.2) is 0 Å². The first-order chi connectivity index (χ1) is 16.7. The minimum Gasteiger partial charge on any atom is -0.450 e. The number of carbonyl (C=O) groups is 4. The average molecular weight is 493 g/mol. The van der Waals surface area contributed by atoms with Gasteiger partial charge in [0.1, 0.15) is 11.5 Å². The van der Waals surface area contributed by atoms with Gasteiger partial charge < -0.3 is 9.64 Å². The second kappa shape index (κ2) is 7.18. The summed E-state index contributed by atoms with van der Waals surface area (Å²) in [5.74, 6) is -2.03. The predicted molar refractivity (Wildman–Crippen MR) is 131 cm³/mol. The van der Waals surface area contributed by atoms with E-state index in [9.17, 15) is 24.4 Å². The molecular weight excluding hydrogens is 456 g/mol. The molecule has 1 heterocycles. The predicted octanol–water partition coefficient (Wildman–Crippen LogP) is 3.78. The molecular formula is C29H36N2O5. The molecule has 2 bridgehead atoms. The Morgan fingerprint density at radius 1 is 1.14 bits per heavy atom. The van der Waals surface area contributed by atoms with Crippen LogP contribution in [0.2, 0.25) is 0 Å². The van der Waals surface area contributed by atoms with Crippen molar-refractivity contribution >= 4 is 23.4 Å². The van der Waals surface area contributed by atoms with Gasteiger partial charge in [0.15, 0.2) is 17.2 Å². The van der Waals surface area contributed by atoms with Gasteiger partial charge >= 0.3 is 5.97 Å². The Kier molecular flexibility index (Phi) is 4.97. The largest absolute Gasteiger partial charge is 0.450 e. The maximum atomic E-state index is 14.1. The SMILES string of the molecule is CC[C@@]12CCC3[C@](OC1=O)(C(=O)C=C1[C@@]3(C)CC[C@H]3[C@](C)(C(=O)N(C)C)C(=O)C(C#N)=C[C@]13C)C2C. The summed E-state index contributed by atoms with van der Waals surface area (Å²) < 4.78 is 6.13. The Morgan fingerprint density at radius 2 is 1.78 bits per heavy atom. The van der Waals surface area contributed by atoms with Crippen LogP contribution in [0.15, 0.2) is 23.3 Å². The number of hydrogen-bond donors (Lipinski definition) is 0. The van der Waals surface area contributed by atoms with Crippen molar-refractivity contribution in [3.8, 4) is 6.07 Å². The lowest BCUT2D eigenvalue weighted by molar-refractivity contribution is -0.175. The van der Waals surface area contributed by atoms with Crippen molar-refractivity contribution in [2.75, 3.05) is 14.1 Å². The summed E-state index contributed by atoms with van der Waals surface area (Å²) in [5, 5.41) is 9.91. The summed E-state index contributed by atoms with van der Waals surface area (Å²) in [7, 11) is 3.25. The number of ether oxygens (including phenoxy) is 1. The molecule has 1 aliphatic heterocycles. The van der Waals surface area contributed by atoms with Crippen molar-refractivity contribution in [2.45, 2.75) is 72.3 Å². The number of fused-ring (bicyclic) bond motifs is 5. The molecule has 36 heavy (non-hydrogen) atoms. The fraction of sp³-hybridized carbons (Fsp3) is 0.690. The molecule has 2 saturated carbocycles. The minimum absolute atomic E-state index is 0.0290. The molecule has 2 unspecified atom stereocenters. The molecule has 0 aromatic carbocycles. The lowest BCUT2D eigenvalue weighted by atomic mass is 9.39. The van der Waals surface area contributed by atoms with Crippen LogP contribution in [0.5, 0.6) is 0 Å². The van der Waals surface area contributed by atoms with Crippen molar-refractivity contribution in [1.82, 2.24) is 4.90 Å². The van der Waals surface area contributed by atoms with E-state index in [0.717, 1.165) is 5.57 Å². The molecule has 0 N–H and O–H groups in total. The first kappa shape index (κ1) is 24.9. The van der Waals surface area contributed by atoms with Crippen LogP contribution in [-0.2, 0) is 23.9 Å². The van der Waals surface area contributed by atoms with Gasteiger partial charge in [0, 0.05) is 31.3 Å². The zero-order chi connectivity index (χ0) is 26.6. The van der Waals surface area contributed by atoms with E-state index in [-0.39, 0.29) is 35.1 Å². The Labute approximate surface area is 212 Å². The van der Waals surface area contributed by atoms with Crippen LogP contribution in [0.3, 0.4) is 0 Å². The minimum atomic E-state index is -1.41. The maximum absolute atomic E-state index is 14.1. The fourth-order valence-corrected chi connectivity index (χ4v) is 9.36. The highest BCUT2D eigenvalue weighted by Crippen LogP contribution is 2.72. The first-order valence-electron chi connectivity index (χ1n) is 13.1. The molecule has 8 atom stereocenters. The van der Waals surface area contributed by atoms with Crippen molar-refractivity contribution in [1.29, 1.82) is 5.26 Å². The van der Waals surface area contributed by atoms with Crippen LogP contribution in [-0.4, -0.2) is 48.0 Å². The number of hydrogen-bond acceptors (Lipinski definition) is 6. The van der Waals surface area contributed by atoms with E-state index in [1.807, 2.05) is 26.8 Å².